The molecule has 0 radical (unpaired) electrons. The minimum absolute atomic E-state index is 0.334. The van der Waals surface area contributed by atoms with Crippen molar-refractivity contribution in [2.24, 2.45) is 0 Å². The van der Waals surface area contributed by atoms with Gasteiger partial charge in [0.1, 0.15) is 5.82 Å². The number of hydrogen-bond donors (Lipinski definition) is 1. The molecule has 0 spiro atoms. The van der Waals surface area contributed by atoms with Gasteiger partial charge in [0.05, 0.1) is 16.6 Å². The van der Waals surface area contributed by atoms with Crippen LogP contribution in [0.25, 0.3) is 16.6 Å². The van der Waals surface area contributed by atoms with Gasteiger partial charge in [-0.25, -0.2) is 13.8 Å². The van der Waals surface area contributed by atoms with E-state index in [-0.39, 0.29) is 0 Å². The summed E-state index contributed by atoms with van der Waals surface area (Å²) in [6.45, 7) is 1.82. The minimum Gasteiger partial charge on any atom is -0.306 e. The number of nitrogens with zero attached hydrogens (tertiary/aromatic N) is 1. The van der Waals surface area contributed by atoms with Crippen LogP contribution in [-0.2, 0) is 0 Å². The maximum absolute atomic E-state index is 12.9. The third kappa shape index (κ3) is 1.84. The second kappa shape index (κ2) is 4.45. The fourth-order valence-corrected chi connectivity index (χ4v) is 2.21. The van der Waals surface area contributed by atoms with Crippen molar-refractivity contribution in [3.05, 3.63) is 74.7 Å². The highest BCUT2D eigenvalue weighted by Crippen LogP contribution is 2.11. The Labute approximate surface area is 113 Å². The summed E-state index contributed by atoms with van der Waals surface area (Å²) in [7, 11) is 0. The van der Waals surface area contributed by atoms with Crippen molar-refractivity contribution >= 4 is 10.9 Å². The molecule has 100 valence electrons. The third-order valence-corrected chi connectivity index (χ3v) is 3.23. The number of hydrogen-bond acceptors (Lipinski definition) is 2. The number of benzene rings is 2. The standard InChI is InChI=1S/C15H11FN2O2/c1-9-3-2-4-12-13(9)17-15(20)18(14(12)19)11-7-5-10(16)6-8-11/h2-8H,1H3,(H,17,20). The van der Waals surface area contributed by atoms with Crippen molar-refractivity contribution < 1.29 is 4.39 Å². The minimum atomic E-state index is -0.539. The molecule has 0 fully saturated rings. The fraction of sp³-hybridized carbons (Fsp3) is 0.0667. The fourth-order valence-electron chi connectivity index (χ4n) is 2.21. The van der Waals surface area contributed by atoms with E-state index in [4.69, 9.17) is 0 Å². The second-order valence-electron chi connectivity index (χ2n) is 4.54. The van der Waals surface area contributed by atoms with Gasteiger partial charge in [-0.1, -0.05) is 12.1 Å². The summed E-state index contributed by atoms with van der Waals surface area (Å²) in [5, 5.41) is 0.425. The van der Waals surface area contributed by atoms with E-state index in [9.17, 15) is 14.0 Å². The molecule has 3 aromatic rings. The SMILES string of the molecule is Cc1cccc2c(=O)n(-c3ccc(F)cc3)c(=O)[nH]c12. The molecule has 4 nitrogen and oxygen atoms in total. The molecule has 0 aliphatic rings. The molecule has 5 heteroatoms. The molecule has 0 saturated carbocycles. The predicted octanol–water partition coefficient (Wildman–Crippen LogP) is 2.13. The monoisotopic (exact) mass is 270 g/mol. The lowest BCUT2D eigenvalue weighted by molar-refractivity contribution is 0.627. The molecular formula is C15H11FN2O2. The molecule has 0 aliphatic carbocycles. The van der Waals surface area contributed by atoms with E-state index in [0.717, 1.165) is 10.1 Å². The Hall–Kier alpha value is -2.69. The Morgan fingerprint density at radius 1 is 1.05 bits per heavy atom. The van der Waals surface area contributed by atoms with Crippen molar-refractivity contribution in [2.75, 3.05) is 0 Å². The van der Waals surface area contributed by atoms with E-state index in [1.165, 1.54) is 24.3 Å². The number of aromatic amines is 1. The lowest BCUT2D eigenvalue weighted by Gasteiger charge is -2.07. The average molecular weight is 270 g/mol. The normalized spacial score (nSPS) is 10.9. The largest absolute Gasteiger partial charge is 0.333 e. The maximum atomic E-state index is 12.9. The first-order valence-electron chi connectivity index (χ1n) is 6.08. The van der Waals surface area contributed by atoms with E-state index >= 15 is 0 Å². The first-order chi connectivity index (χ1) is 9.58. The lowest BCUT2D eigenvalue weighted by atomic mass is 10.1. The molecule has 0 amide bonds. The van der Waals surface area contributed by atoms with Crippen molar-refractivity contribution in [3.8, 4) is 5.69 Å². The molecule has 0 saturated heterocycles. The maximum Gasteiger partial charge on any atom is 0.333 e. The zero-order valence-corrected chi connectivity index (χ0v) is 10.7. The van der Waals surface area contributed by atoms with E-state index < -0.39 is 17.1 Å². The van der Waals surface area contributed by atoms with Gasteiger partial charge in [0.2, 0.25) is 0 Å². The summed E-state index contributed by atoms with van der Waals surface area (Å²) in [6, 6.07) is 10.4. The molecule has 0 unspecified atom stereocenters. The van der Waals surface area contributed by atoms with Crippen LogP contribution in [0.5, 0.6) is 0 Å². The van der Waals surface area contributed by atoms with Gasteiger partial charge in [-0.3, -0.25) is 4.79 Å². The third-order valence-electron chi connectivity index (χ3n) is 3.23. The zero-order chi connectivity index (χ0) is 14.3. The molecule has 2 aromatic carbocycles. The summed E-state index contributed by atoms with van der Waals surface area (Å²) in [4.78, 5) is 27.2. The zero-order valence-electron chi connectivity index (χ0n) is 10.7. The quantitative estimate of drug-likeness (QED) is 0.736. The molecule has 0 atom stereocenters. The van der Waals surface area contributed by atoms with Gasteiger partial charge >= 0.3 is 5.69 Å². The first kappa shape index (κ1) is 12.3. The van der Waals surface area contributed by atoms with Crippen LogP contribution in [0, 0.1) is 12.7 Å². The second-order valence-corrected chi connectivity index (χ2v) is 4.54. The summed E-state index contributed by atoms with van der Waals surface area (Å²) < 4.78 is 13.9. The molecule has 20 heavy (non-hydrogen) atoms. The number of rotatable bonds is 1. The Morgan fingerprint density at radius 3 is 2.45 bits per heavy atom. The molecule has 3 rings (SSSR count). The van der Waals surface area contributed by atoms with Crippen LogP contribution in [0.1, 0.15) is 5.56 Å². The topological polar surface area (TPSA) is 54.9 Å². The number of halogens is 1. The summed E-state index contributed by atoms with van der Waals surface area (Å²) in [5.41, 5.74) is 0.729. The Balaban J connectivity index is 2.41. The Morgan fingerprint density at radius 2 is 1.75 bits per heavy atom. The van der Waals surface area contributed by atoms with Gasteiger partial charge in [0, 0.05) is 0 Å². The van der Waals surface area contributed by atoms with Crippen LogP contribution in [0.2, 0.25) is 0 Å². The van der Waals surface area contributed by atoms with Crippen molar-refractivity contribution in [1.29, 1.82) is 0 Å². The highest BCUT2D eigenvalue weighted by atomic mass is 19.1. The molecule has 1 aromatic heterocycles. The van der Waals surface area contributed by atoms with Crippen molar-refractivity contribution in [1.82, 2.24) is 9.55 Å². The lowest BCUT2D eigenvalue weighted by Crippen LogP contribution is -2.33. The summed E-state index contributed by atoms with van der Waals surface area (Å²) in [5.74, 6) is -0.421. The molecule has 0 bridgehead atoms. The number of aromatic nitrogens is 2. The smallest absolute Gasteiger partial charge is 0.306 e. The molecule has 0 aliphatic heterocycles. The highest BCUT2D eigenvalue weighted by molar-refractivity contribution is 5.80. The number of aryl methyl sites for hydroxylation is 1. The van der Waals surface area contributed by atoms with Gasteiger partial charge in [0.15, 0.2) is 0 Å². The van der Waals surface area contributed by atoms with Crippen LogP contribution >= 0.6 is 0 Å². The van der Waals surface area contributed by atoms with Gasteiger partial charge in [-0.05, 0) is 42.8 Å². The summed E-state index contributed by atoms with van der Waals surface area (Å²) >= 11 is 0. The number of nitrogens with one attached hydrogen (secondary N) is 1. The number of fused-ring (bicyclic) bond motifs is 1. The number of H-pyrrole nitrogens is 1. The Bertz CT molecular complexity index is 908. The van der Waals surface area contributed by atoms with E-state index in [0.29, 0.717) is 16.6 Å². The predicted molar refractivity (Wildman–Crippen MR) is 74.9 cm³/mol. The molecule has 1 N–H and O–H groups in total. The van der Waals surface area contributed by atoms with Gasteiger partial charge < -0.3 is 4.98 Å². The number of para-hydroxylation sites is 1. The van der Waals surface area contributed by atoms with Crippen LogP contribution < -0.4 is 11.2 Å². The summed E-state index contributed by atoms with van der Waals surface area (Å²) in [6.07, 6.45) is 0. The van der Waals surface area contributed by atoms with E-state index in [2.05, 4.69) is 4.98 Å². The van der Waals surface area contributed by atoms with Crippen LogP contribution in [-0.4, -0.2) is 9.55 Å². The molecule has 1 heterocycles. The van der Waals surface area contributed by atoms with Crippen LogP contribution in [0.4, 0.5) is 4.39 Å². The first-order valence-corrected chi connectivity index (χ1v) is 6.08. The van der Waals surface area contributed by atoms with Gasteiger partial charge in [0.25, 0.3) is 5.56 Å². The van der Waals surface area contributed by atoms with Crippen molar-refractivity contribution in [2.45, 2.75) is 6.92 Å². The molecular weight excluding hydrogens is 259 g/mol. The van der Waals surface area contributed by atoms with E-state index in [1.807, 2.05) is 13.0 Å². The van der Waals surface area contributed by atoms with E-state index in [1.54, 1.807) is 12.1 Å². The Kier molecular flexibility index (Phi) is 2.75. The average Bonchev–Trinajstić information content (AvgIpc) is 2.42. The van der Waals surface area contributed by atoms with Gasteiger partial charge in [-0.15, -0.1) is 0 Å². The highest BCUT2D eigenvalue weighted by Gasteiger charge is 2.10. The van der Waals surface area contributed by atoms with Crippen LogP contribution in [0.15, 0.2) is 52.1 Å². The van der Waals surface area contributed by atoms with Crippen molar-refractivity contribution in [3.63, 3.8) is 0 Å². The van der Waals surface area contributed by atoms with Crippen LogP contribution in [0.3, 0.4) is 0 Å². The van der Waals surface area contributed by atoms with Gasteiger partial charge in [-0.2, -0.15) is 0 Å².